The van der Waals surface area contributed by atoms with Crippen molar-refractivity contribution in [1.82, 2.24) is 15.3 Å². The molecule has 5 rings (SSSR count). The van der Waals surface area contributed by atoms with Gasteiger partial charge in [-0.2, -0.15) is 16.7 Å². The van der Waals surface area contributed by atoms with Crippen LogP contribution in [0.25, 0.3) is 10.9 Å². The van der Waals surface area contributed by atoms with Gasteiger partial charge in [-0.05, 0) is 67.6 Å². The fourth-order valence-corrected chi connectivity index (χ4v) is 6.47. The number of para-hydroxylation sites is 1. The third-order valence-electron chi connectivity index (χ3n) is 7.43. The van der Waals surface area contributed by atoms with E-state index in [2.05, 4.69) is 63.3 Å². The molecule has 1 aliphatic rings. The fourth-order valence-electron chi connectivity index (χ4n) is 5.27. The first kappa shape index (κ1) is 28.5. The maximum atomic E-state index is 6.05. The maximum Gasteiger partial charge on any atom is 0.225 e. The number of benzene rings is 3. The van der Waals surface area contributed by atoms with Crippen molar-refractivity contribution in [2.45, 2.75) is 43.0 Å². The van der Waals surface area contributed by atoms with Gasteiger partial charge in [0.05, 0.1) is 5.52 Å². The van der Waals surface area contributed by atoms with E-state index in [1.807, 2.05) is 62.3 Å². The second-order valence-corrected chi connectivity index (χ2v) is 12.3. The Kier molecular flexibility index (Phi) is 10.0. The number of nitrogens with one attached hydrogen (secondary N) is 3. The van der Waals surface area contributed by atoms with Crippen molar-refractivity contribution in [3.8, 4) is 0 Å². The van der Waals surface area contributed by atoms with Crippen LogP contribution in [0.5, 0.6) is 0 Å². The highest BCUT2D eigenvalue weighted by molar-refractivity contribution is 7.99. The SMILES string of the molecule is CN(C)c1nc(N[C@H]2CC[C@@H](NCCSC(CNc3ccc(Cl)cc3)c3ccccc3)CC2)nc2ccccc12. The van der Waals surface area contributed by atoms with Gasteiger partial charge in [-0.25, -0.2) is 4.98 Å². The molecule has 0 saturated heterocycles. The van der Waals surface area contributed by atoms with Crippen LogP contribution in [0.4, 0.5) is 17.5 Å². The van der Waals surface area contributed by atoms with Crippen LogP contribution in [0.3, 0.4) is 0 Å². The summed E-state index contributed by atoms with van der Waals surface area (Å²) in [6.07, 6.45) is 4.57. The van der Waals surface area contributed by atoms with Crippen LogP contribution in [0.15, 0.2) is 78.9 Å². The molecule has 1 atom stereocenters. The largest absolute Gasteiger partial charge is 0.384 e. The molecule has 1 fully saturated rings. The highest BCUT2D eigenvalue weighted by atomic mass is 35.5. The Balaban J connectivity index is 1.07. The quantitative estimate of drug-likeness (QED) is 0.154. The van der Waals surface area contributed by atoms with Crippen molar-refractivity contribution in [1.29, 1.82) is 0 Å². The van der Waals surface area contributed by atoms with Crippen molar-refractivity contribution in [3.63, 3.8) is 0 Å². The van der Waals surface area contributed by atoms with Crippen LogP contribution in [-0.2, 0) is 0 Å². The first-order valence-electron chi connectivity index (χ1n) is 14.1. The Morgan fingerprint density at radius 2 is 1.57 bits per heavy atom. The molecule has 3 N–H and O–H groups in total. The van der Waals surface area contributed by atoms with Gasteiger partial charge >= 0.3 is 0 Å². The molecule has 4 aromatic rings. The molecule has 0 radical (unpaired) electrons. The van der Waals surface area contributed by atoms with Crippen LogP contribution in [0, 0.1) is 0 Å². The standard InChI is InChI=1S/C32H39ClN6S/c1-39(2)31-28-10-6-7-11-29(28)37-32(38-31)36-27-18-16-25(17-19-27)34-20-21-40-30(23-8-4-3-5-9-23)22-35-26-14-12-24(33)13-15-26/h3-15,25,27,30,34-35H,16-22H2,1-2H3,(H,36,37,38)/t25-,27+,30?. The van der Waals surface area contributed by atoms with E-state index in [1.54, 1.807) is 0 Å². The summed E-state index contributed by atoms with van der Waals surface area (Å²) >= 11 is 8.06. The van der Waals surface area contributed by atoms with Gasteiger partial charge in [-0.15, -0.1) is 0 Å². The Morgan fingerprint density at radius 1 is 0.875 bits per heavy atom. The summed E-state index contributed by atoms with van der Waals surface area (Å²) in [5.41, 5.74) is 3.43. The molecule has 3 aromatic carbocycles. The van der Waals surface area contributed by atoms with E-state index < -0.39 is 0 Å². The molecule has 0 amide bonds. The molecule has 8 heteroatoms. The molecule has 0 spiro atoms. The van der Waals surface area contributed by atoms with Crippen molar-refractivity contribution >= 4 is 51.7 Å². The van der Waals surface area contributed by atoms with Crippen LogP contribution >= 0.6 is 23.4 Å². The van der Waals surface area contributed by atoms with Crippen molar-refractivity contribution in [2.24, 2.45) is 0 Å². The zero-order valence-electron chi connectivity index (χ0n) is 23.3. The molecule has 1 unspecified atom stereocenters. The van der Waals surface area contributed by atoms with E-state index in [1.165, 1.54) is 5.56 Å². The van der Waals surface area contributed by atoms with E-state index in [0.29, 0.717) is 17.3 Å². The van der Waals surface area contributed by atoms with E-state index in [0.717, 1.165) is 77.9 Å². The average molecular weight is 575 g/mol. The zero-order valence-corrected chi connectivity index (χ0v) is 24.9. The minimum atomic E-state index is 0.382. The summed E-state index contributed by atoms with van der Waals surface area (Å²) in [6, 6.07) is 27.9. The first-order chi connectivity index (χ1) is 19.5. The number of thioether (sulfide) groups is 1. The number of hydrogen-bond donors (Lipinski definition) is 3. The lowest BCUT2D eigenvalue weighted by molar-refractivity contribution is 0.359. The van der Waals surface area contributed by atoms with Gasteiger partial charge in [-0.3, -0.25) is 0 Å². The number of hydrogen-bond acceptors (Lipinski definition) is 7. The number of anilines is 3. The lowest BCUT2D eigenvalue weighted by atomic mass is 9.91. The van der Waals surface area contributed by atoms with Gasteiger partial charge < -0.3 is 20.9 Å². The normalized spacial score (nSPS) is 17.9. The van der Waals surface area contributed by atoms with Gasteiger partial charge in [0, 0.05) is 66.4 Å². The van der Waals surface area contributed by atoms with Crippen molar-refractivity contribution in [2.75, 3.05) is 48.5 Å². The smallest absolute Gasteiger partial charge is 0.225 e. The first-order valence-corrected chi connectivity index (χ1v) is 15.6. The highest BCUT2D eigenvalue weighted by Gasteiger charge is 2.22. The number of fused-ring (bicyclic) bond motifs is 1. The second kappa shape index (κ2) is 14.1. The van der Waals surface area contributed by atoms with Crippen LogP contribution in [0.2, 0.25) is 5.02 Å². The van der Waals surface area contributed by atoms with Crippen LogP contribution in [-0.4, -0.2) is 55.0 Å². The molecular weight excluding hydrogens is 536 g/mol. The van der Waals surface area contributed by atoms with Gasteiger partial charge in [0.25, 0.3) is 0 Å². The summed E-state index contributed by atoms with van der Waals surface area (Å²) < 4.78 is 0. The number of halogens is 1. The highest BCUT2D eigenvalue weighted by Crippen LogP contribution is 2.30. The Morgan fingerprint density at radius 3 is 2.33 bits per heavy atom. The molecule has 40 heavy (non-hydrogen) atoms. The Hall–Kier alpha value is -3.00. The molecule has 1 heterocycles. The summed E-state index contributed by atoms with van der Waals surface area (Å²) in [5.74, 6) is 2.76. The summed E-state index contributed by atoms with van der Waals surface area (Å²) in [6.45, 7) is 1.89. The fraction of sp³-hybridized carbons (Fsp3) is 0.375. The molecule has 1 saturated carbocycles. The molecular formula is C32H39ClN6S. The van der Waals surface area contributed by atoms with Crippen molar-refractivity contribution in [3.05, 3.63) is 89.4 Å². The summed E-state index contributed by atoms with van der Waals surface area (Å²) in [5, 5.41) is 13.3. The average Bonchev–Trinajstić information content (AvgIpc) is 2.98. The lowest BCUT2D eigenvalue weighted by Gasteiger charge is -2.30. The third kappa shape index (κ3) is 7.80. The lowest BCUT2D eigenvalue weighted by Crippen LogP contribution is -2.38. The predicted octanol–water partition coefficient (Wildman–Crippen LogP) is 7.25. The monoisotopic (exact) mass is 574 g/mol. The zero-order chi connectivity index (χ0) is 27.7. The van der Waals surface area contributed by atoms with E-state index in [4.69, 9.17) is 21.6 Å². The summed E-state index contributed by atoms with van der Waals surface area (Å²) in [4.78, 5) is 11.7. The Labute approximate surface area is 247 Å². The second-order valence-electron chi connectivity index (χ2n) is 10.6. The topological polar surface area (TPSA) is 65.1 Å². The van der Waals surface area contributed by atoms with E-state index in [9.17, 15) is 0 Å². The minimum Gasteiger partial charge on any atom is -0.384 e. The Bertz CT molecular complexity index is 1340. The van der Waals surface area contributed by atoms with Gasteiger partial charge in [0.15, 0.2) is 0 Å². The number of aromatic nitrogens is 2. The minimum absolute atomic E-state index is 0.382. The van der Waals surface area contributed by atoms with Crippen molar-refractivity contribution < 1.29 is 0 Å². The number of rotatable bonds is 12. The molecule has 6 nitrogen and oxygen atoms in total. The molecule has 210 valence electrons. The molecule has 1 aliphatic carbocycles. The number of nitrogens with zero attached hydrogens (tertiary/aromatic N) is 3. The van der Waals surface area contributed by atoms with Crippen LogP contribution in [0.1, 0.15) is 36.5 Å². The molecule has 0 bridgehead atoms. The van der Waals surface area contributed by atoms with Gasteiger partial charge in [0.1, 0.15) is 5.82 Å². The van der Waals surface area contributed by atoms with E-state index >= 15 is 0 Å². The third-order valence-corrected chi connectivity index (χ3v) is 8.96. The van der Waals surface area contributed by atoms with Crippen LogP contribution < -0.4 is 20.9 Å². The molecule has 0 aliphatic heterocycles. The maximum absolute atomic E-state index is 6.05. The van der Waals surface area contributed by atoms with Gasteiger partial charge in [-0.1, -0.05) is 54.1 Å². The van der Waals surface area contributed by atoms with E-state index in [-0.39, 0.29) is 0 Å². The van der Waals surface area contributed by atoms with Gasteiger partial charge in [0.2, 0.25) is 5.95 Å². The summed E-state index contributed by atoms with van der Waals surface area (Å²) in [7, 11) is 4.07. The molecule has 1 aromatic heterocycles. The predicted molar refractivity (Wildman–Crippen MR) is 173 cm³/mol.